The first kappa shape index (κ1) is 30.7. The molecule has 0 heterocycles. The number of amides is 2. The smallest absolute Gasteiger partial charge is 0.243 e. The summed E-state index contributed by atoms with van der Waals surface area (Å²) in [4.78, 5) is 29.3. The van der Waals surface area contributed by atoms with Gasteiger partial charge in [-0.05, 0) is 67.0 Å². The second kappa shape index (κ2) is 13.0. The zero-order valence-electron chi connectivity index (χ0n) is 23.9. The number of aryl methyl sites for hydroxylation is 1. The van der Waals surface area contributed by atoms with Crippen LogP contribution in [0.25, 0.3) is 0 Å². The van der Waals surface area contributed by atoms with Crippen LogP contribution in [0.15, 0.2) is 72.8 Å². The van der Waals surface area contributed by atoms with Crippen molar-refractivity contribution in [2.24, 2.45) is 0 Å². The van der Waals surface area contributed by atoms with Gasteiger partial charge in [0, 0.05) is 35.0 Å². The molecule has 208 valence electrons. The van der Waals surface area contributed by atoms with Gasteiger partial charge < -0.3 is 10.2 Å². The number of carbonyl (C=O) groups excluding carboxylic acids is 2. The lowest BCUT2D eigenvalue weighted by atomic mass is 9.86. The van der Waals surface area contributed by atoms with E-state index in [0.29, 0.717) is 22.9 Å². The summed E-state index contributed by atoms with van der Waals surface area (Å²) in [5.41, 5.74) is 3.66. The average molecular weight is 568 g/mol. The van der Waals surface area contributed by atoms with Gasteiger partial charge in [-0.3, -0.25) is 9.59 Å². The van der Waals surface area contributed by atoms with Crippen LogP contribution in [0.1, 0.15) is 70.2 Å². The van der Waals surface area contributed by atoms with E-state index in [4.69, 9.17) is 23.2 Å². The Morgan fingerprint density at radius 1 is 0.846 bits per heavy atom. The van der Waals surface area contributed by atoms with E-state index in [1.165, 1.54) is 5.56 Å². The van der Waals surface area contributed by atoms with Gasteiger partial charge in [0.2, 0.25) is 11.8 Å². The van der Waals surface area contributed by atoms with Crippen LogP contribution in [0.3, 0.4) is 0 Å². The van der Waals surface area contributed by atoms with E-state index in [0.717, 1.165) is 16.7 Å². The molecule has 0 unspecified atom stereocenters. The number of hydrogen-bond acceptors (Lipinski definition) is 2. The van der Waals surface area contributed by atoms with E-state index in [1.807, 2.05) is 57.2 Å². The largest absolute Gasteiger partial charge is 0.350 e. The number of nitrogens with one attached hydrogen (secondary N) is 1. The van der Waals surface area contributed by atoms with Gasteiger partial charge in [-0.1, -0.05) is 105 Å². The lowest BCUT2D eigenvalue weighted by molar-refractivity contribution is -0.141. The van der Waals surface area contributed by atoms with Gasteiger partial charge in [0.25, 0.3) is 0 Å². The van der Waals surface area contributed by atoms with Crippen LogP contribution in [0.2, 0.25) is 10.0 Å². The number of carbonyl (C=O) groups is 2. The predicted octanol–water partition coefficient (Wildman–Crippen LogP) is 7.78. The van der Waals surface area contributed by atoms with Crippen molar-refractivity contribution in [3.8, 4) is 0 Å². The summed E-state index contributed by atoms with van der Waals surface area (Å²) < 4.78 is 0. The van der Waals surface area contributed by atoms with Crippen LogP contribution in [-0.2, 0) is 34.4 Å². The van der Waals surface area contributed by atoms with E-state index in [9.17, 15) is 9.59 Å². The van der Waals surface area contributed by atoms with Crippen molar-refractivity contribution in [2.45, 2.75) is 84.3 Å². The summed E-state index contributed by atoms with van der Waals surface area (Å²) in [5, 5.41) is 4.08. The standard InChI is InChI=1S/C33H40Cl2N2O2/c1-32(2,3)26-16-12-23(13-17-26)14-19-30(38)37(22-25-15-18-27(34)21-28(25)35)29(31(39)36-33(4,5)6)20-24-10-8-7-9-11-24/h7-13,15-18,21,29H,14,19-20,22H2,1-6H3,(H,36,39)/t29-/m1/s1. The van der Waals surface area contributed by atoms with Crippen LogP contribution >= 0.6 is 23.2 Å². The Balaban J connectivity index is 1.93. The first-order valence-corrected chi connectivity index (χ1v) is 14.2. The molecule has 0 spiro atoms. The fraction of sp³-hybridized carbons (Fsp3) is 0.394. The molecular formula is C33H40Cl2N2O2. The van der Waals surface area contributed by atoms with Crippen molar-refractivity contribution in [1.82, 2.24) is 10.2 Å². The predicted molar refractivity (Wildman–Crippen MR) is 162 cm³/mol. The van der Waals surface area contributed by atoms with Crippen molar-refractivity contribution in [1.29, 1.82) is 0 Å². The summed E-state index contributed by atoms with van der Waals surface area (Å²) in [6.45, 7) is 12.6. The number of hydrogen-bond donors (Lipinski definition) is 1. The highest BCUT2D eigenvalue weighted by Crippen LogP contribution is 2.26. The molecule has 0 fully saturated rings. The van der Waals surface area contributed by atoms with E-state index in [-0.39, 0.29) is 30.2 Å². The van der Waals surface area contributed by atoms with Crippen molar-refractivity contribution in [3.05, 3.63) is 105 Å². The van der Waals surface area contributed by atoms with Gasteiger partial charge in [0.1, 0.15) is 6.04 Å². The highest BCUT2D eigenvalue weighted by atomic mass is 35.5. The lowest BCUT2D eigenvalue weighted by Gasteiger charge is -2.34. The van der Waals surface area contributed by atoms with Gasteiger partial charge in [0.15, 0.2) is 0 Å². The third-order valence-electron chi connectivity index (χ3n) is 6.57. The number of halogens is 2. The molecular weight excluding hydrogens is 527 g/mol. The Morgan fingerprint density at radius 2 is 1.49 bits per heavy atom. The van der Waals surface area contributed by atoms with Crippen LogP contribution < -0.4 is 5.32 Å². The van der Waals surface area contributed by atoms with E-state index >= 15 is 0 Å². The summed E-state index contributed by atoms with van der Waals surface area (Å²) >= 11 is 12.7. The molecule has 3 rings (SSSR count). The van der Waals surface area contributed by atoms with Crippen molar-refractivity contribution in [2.75, 3.05) is 0 Å². The van der Waals surface area contributed by atoms with Crippen LogP contribution in [0.5, 0.6) is 0 Å². The Morgan fingerprint density at radius 3 is 2.05 bits per heavy atom. The maximum absolute atomic E-state index is 13.9. The fourth-order valence-electron chi connectivity index (χ4n) is 4.41. The zero-order chi connectivity index (χ0) is 28.8. The van der Waals surface area contributed by atoms with Gasteiger partial charge in [0.05, 0.1) is 0 Å². The molecule has 6 heteroatoms. The fourth-order valence-corrected chi connectivity index (χ4v) is 4.87. The lowest BCUT2D eigenvalue weighted by Crippen LogP contribution is -2.54. The molecule has 0 radical (unpaired) electrons. The zero-order valence-corrected chi connectivity index (χ0v) is 25.4. The molecule has 3 aromatic rings. The summed E-state index contributed by atoms with van der Waals surface area (Å²) in [6, 6.07) is 22.7. The average Bonchev–Trinajstić information content (AvgIpc) is 2.85. The Hall–Kier alpha value is -2.82. The SMILES string of the molecule is CC(C)(C)NC(=O)[C@@H](Cc1ccccc1)N(Cc1ccc(Cl)cc1Cl)C(=O)CCc1ccc(C(C)(C)C)cc1. The highest BCUT2D eigenvalue weighted by molar-refractivity contribution is 6.35. The molecule has 0 saturated heterocycles. The quantitative estimate of drug-likeness (QED) is 0.287. The topological polar surface area (TPSA) is 49.4 Å². The minimum Gasteiger partial charge on any atom is -0.350 e. The minimum atomic E-state index is -0.714. The third-order valence-corrected chi connectivity index (χ3v) is 7.16. The van der Waals surface area contributed by atoms with Crippen molar-refractivity contribution in [3.63, 3.8) is 0 Å². The van der Waals surface area contributed by atoms with Gasteiger partial charge in [-0.2, -0.15) is 0 Å². The van der Waals surface area contributed by atoms with Crippen LogP contribution in [0.4, 0.5) is 0 Å². The van der Waals surface area contributed by atoms with Gasteiger partial charge >= 0.3 is 0 Å². The Bertz CT molecular complexity index is 1260. The molecule has 1 atom stereocenters. The molecule has 0 aliphatic carbocycles. The Kier molecular flexibility index (Phi) is 10.3. The van der Waals surface area contributed by atoms with E-state index < -0.39 is 11.6 Å². The molecule has 4 nitrogen and oxygen atoms in total. The van der Waals surface area contributed by atoms with Gasteiger partial charge in [-0.25, -0.2) is 0 Å². The van der Waals surface area contributed by atoms with E-state index in [1.54, 1.807) is 17.0 Å². The maximum Gasteiger partial charge on any atom is 0.243 e. The molecule has 0 aliphatic rings. The monoisotopic (exact) mass is 566 g/mol. The molecule has 0 bridgehead atoms. The summed E-state index contributed by atoms with van der Waals surface area (Å²) in [5.74, 6) is -0.301. The normalized spacial score (nSPS) is 12.6. The molecule has 39 heavy (non-hydrogen) atoms. The summed E-state index contributed by atoms with van der Waals surface area (Å²) in [6.07, 6.45) is 1.24. The molecule has 0 saturated carbocycles. The Labute approximate surface area is 243 Å². The molecule has 3 aromatic carbocycles. The first-order valence-electron chi connectivity index (χ1n) is 13.4. The van der Waals surface area contributed by atoms with Crippen LogP contribution in [-0.4, -0.2) is 28.3 Å². The summed E-state index contributed by atoms with van der Waals surface area (Å²) in [7, 11) is 0. The van der Waals surface area contributed by atoms with E-state index in [2.05, 4.69) is 50.4 Å². The second-order valence-corrected chi connectivity index (χ2v) is 13.0. The number of nitrogens with zero attached hydrogens (tertiary/aromatic N) is 1. The number of benzene rings is 3. The highest BCUT2D eigenvalue weighted by Gasteiger charge is 2.32. The van der Waals surface area contributed by atoms with Crippen molar-refractivity contribution >= 4 is 35.0 Å². The van der Waals surface area contributed by atoms with Crippen molar-refractivity contribution < 1.29 is 9.59 Å². The first-order chi connectivity index (χ1) is 18.2. The third kappa shape index (κ3) is 9.40. The molecule has 0 aromatic heterocycles. The number of rotatable bonds is 9. The molecule has 1 N–H and O–H groups in total. The second-order valence-electron chi connectivity index (χ2n) is 12.1. The van der Waals surface area contributed by atoms with Crippen LogP contribution in [0, 0.1) is 0 Å². The van der Waals surface area contributed by atoms with Gasteiger partial charge in [-0.15, -0.1) is 0 Å². The molecule has 2 amide bonds. The molecule has 0 aliphatic heterocycles. The maximum atomic E-state index is 13.9. The minimum absolute atomic E-state index is 0.0636.